The third-order valence-corrected chi connectivity index (χ3v) is 2.96. The third-order valence-electron chi connectivity index (χ3n) is 1.51. The Morgan fingerprint density at radius 3 is 2.67 bits per heavy atom. The van der Waals surface area contributed by atoms with Gasteiger partial charge in [0.2, 0.25) is 0 Å². The SMILES string of the molecule is CCCNCCCP(=O)(O)OC. The van der Waals surface area contributed by atoms with Gasteiger partial charge in [-0.1, -0.05) is 6.92 Å². The molecule has 2 N–H and O–H groups in total. The van der Waals surface area contributed by atoms with Crippen LogP contribution in [0.2, 0.25) is 0 Å². The molecule has 4 nitrogen and oxygen atoms in total. The van der Waals surface area contributed by atoms with Crippen molar-refractivity contribution in [2.24, 2.45) is 0 Å². The molecule has 0 aliphatic rings. The standard InChI is InChI=1S/C7H18NO3P/c1-3-5-8-6-4-7-12(9,10)11-2/h8H,3-7H2,1-2H3,(H,9,10). The highest BCUT2D eigenvalue weighted by Gasteiger charge is 2.15. The van der Waals surface area contributed by atoms with Gasteiger partial charge in [0.25, 0.3) is 0 Å². The van der Waals surface area contributed by atoms with Crippen LogP contribution >= 0.6 is 7.60 Å². The zero-order valence-electron chi connectivity index (χ0n) is 7.75. The molecule has 0 fully saturated rings. The fourth-order valence-corrected chi connectivity index (χ4v) is 1.54. The van der Waals surface area contributed by atoms with Gasteiger partial charge in [0, 0.05) is 7.11 Å². The molecule has 0 spiro atoms. The van der Waals surface area contributed by atoms with Gasteiger partial charge in [0.05, 0.1) is 6.16 Å². The number of hydrogen-bond acceptors (Lipinski definition) is 3. The zero-order chi connectivity index (χ0) is 9.45. The van der Waals surface area contributed by atoms with Crippen LogP contribution in [0, 0.1) is 0 Å². The Labute approximate surface area is 73.8 Å². The van der Waals surface area contributed by atoms with Crippen LogP contribution in [0.4, 0.5) is 0 Å². The predicted octanol–water partition coefficient (Wildman–Crippen LogP) is 1.21. The molecule has 0 aliphatic carbocycles. The Kier molecular flexibility index (Phi) is 6.67. The Morgan fingerprint density at radius 1 is 1.50 bits per heavy atom. The van der Waals surface area contributed by atoms with Gasteiger partial charge in [-0.2, -0.15) is 0 Å². The van der Waals surface area contributed by atoms with E-state index in [-0.39, 0.29) is 6.16 Å². The molecule has 0 heterocycles. The summed E-state index contributed by atoms with van der Waals surface area (Å²) < 4.78 is 15.3. The molecule has 0 aromatic carbocycles. The highest BCUT2D eigenvalue weighted by atomic mass is 31.2. The molecule has 74 valence electrons. The van der Waals surface area contributed by atoms with Crippen LogP contribution < -0.4 is 5.32 Å². The van der Waals surface area contributed by atoms with E-state index in [9.17, 15) is 4.57 Å². The lowest BCUT2D eigenvalue weighted by atomic mass is 10.4. The molecule has 0 bridgehead atoms. The van der Waals surface area contributed by atoms with E-state index in [1.165, 1.54) is 7.11 Å². The van der Waals surface area contributed by atoms with Crippen LogP contribution in [-0.2, 0) is 9.09 Å². The first-order valence-electron chi connectivity index (χ1n) is 4.20. The normalized spacial score (nSPS) is 15.9. The molecule has 0 rings (SSSR count). The maximum absolute atomic E-state index is 10.9. The maximum Gasteiger partial charge on any atom is 0.327 e. The van der Waals surface area contributed by atoms with Gasteiger partial charge in [-0.15, -0.1) is 0 Å². The molecule has 5 heteroatoms. The number of nitrogens with one attached hydrogen (secondary N) is 1. The van der Waals surface area contributed by atoms with E-state index in [0.29, 0.717) is 6.42 Å². The van der Waals surface area contributed by atoms with Crippen molar-refractivity contribution in [3.63, 3.8) is 0 Å². The monoisotopic (exact) mass is 195 g/mol. The van der Waals surface area contributed by atoms with Crippen molar-refractivity contribution in [3.8, 4) is 0 Å². The van der Waals surface area contributed by atoms with Crippen molar-refractivity contribution in [2.75, 3.05) is 26.4 Å². The Bertz CT molecular complexity index is 152. The molecule has 0 saturated carbocycles. The summed E-state index contributed by atoms with van der Waals surface area (Å²) in [6.45, 7) is 3.82. The van der Waals surface area contributed by atoms with Crippen molar-refractivity contribution in [3.05, 3.63) is 0 Å². The predicted molar refractivity (Wildman–Crippen MR) is 49.5 cm³/mol. The smallest absolute Gasteiger partial charge is 0.324 e. The second-order valence-electron chi connectivity index (χ2n) is 2.65. The van der Waals surface area contributed by atoms with E-state index in [1.54, 1.807) is 0 Å². The van der Waals surface area contributed by atoms with Crippen LogP contribution in [-0.4, -0.2) is 31.3 Å². The topological polar surface area (TPSA) is 58.6 Å². The van der Waals surface area contributed by atoms with Crippen molar-refractivity contribution in [1.82, 2.24) is 5.32 Å². The van der Waals surface area contributed by atoms with Crippen molar-refractivity contribution in [2.45, 2.75) is 19.8 Å². The van der Waals surface area contributed by atoms with E-state index in [2.05, 4.69) is 16.8 Å². The van der Waals surface area contributed by atoms with Crippen molar-refractivity contribution < 1.29 is 14.0 Å². The molecule has 0 amide bonds. The fourth-order valence-electron chi connectivity index (χ4n) is 0.797. The largest absolute Gasteiger partial charge is 0.327 e. The summed E-state index contributed by atoms with van der Waals surface area (Å²) in [5, 5.41) is 3.14. The average molecular weight is 195 g/mol. The highest BCUT2D eigenvalue weighted by molar-refractivity contribution is 7.52. The molecule has 12 heavy (non-hydrogen) atoms. The lowest BCUT2D eigenvalue weighted by molar-refractivity contribution is 0.314. The molecule has 0 saturated heterocycles. The van der Waals surface area contributed by atoms with Gasteiger partial charge in [-0.3, -0.25) is 4.57 Å². The molecular weight excluding hydrogens is 177 g/mol. The summed E-state index contributed by atoms with van der Waals surface area (Å²) in [5.74, 6) is 0. The first-order valence-corrected chi connectivity index (χ1v) is 5.97. The Morgan fingerprint density at radius 2 is 2.17 bits per heavy atom. The quantitative estimate of drug-likeness (QED) is 0.473. The van der Waals surface area contributed by atoms with Crippen molar-refractivity contribution in [1.29, 1.82) is 0 Å². The van der Waals surface area contributed by atoms with E-state index >= 15 is 0 Å². The average Bonchev–Trinajstić information content (AvgIpc) is 2.04. The van der Waals surface area contributed by atoms with Gasteiger partial charge < -0.3 is 14.7 Å². The van der Waals surface area contributed by atoms with Gasteiger partial charge in [0.1, 0.15) is 0 Å². The highest BCUT2D eigenvalue weighted by Crippen LogP contribution is 2.40. The van der Waals surface area contributed by atoms with Crippen LogP contribution in [0.15, 0.2) is 0 Å². The summed E-state index contributed by atoms with van der Waals surface area (Å²) >= 11 is 0. The second kappa shape index (κ2) is 6.61. The summed E-state index contributed by atoms with van der Waals surface area (Å²) in [5.41, 5.74) is 0. The Balaban J connectivity index is 3.25. The second-order valence-corrected chi connectivity index (χ2v) is 4.73. The molecule has 1 unspecified atom stereocenters. The van der Waals surface area contributed by atoms with E-state index < -0.39 is 7.60 Å². The van der Waals surface area contributed by atoms with E-state index in [1.807, 2.05) is 0 Å². The fraction of sp³-hybridized carbons (Fsp3) is 1.00. The lowest BCUT2D eigenvalue weighted by Gasteiger charge is -2.08. The summed E-state index contributed by atoms with van der Waals surface area (Å²) in [7, 11) is -2.00. The Hall–Kier alpha value is 0.110. The van der Waals surface area contributed by atoms with Crippen LogP contribution in [0.1, 0.15) is 19.8 Å². The maximum atomic E-state index is 10.9. The van der Waals surface area contributed by atoms with Crippen LogP contribution in [0.3, 0.4) is 0 Å². The first-order chi connectivity index (χ1) is 5.62. The summed E-state index contributed by atoms with van der Waals surface area (Å²) in [6, 6.07) is 0. The van der Waals surface area contributed by atoms with Crippen LogP contribution in [0.5, 0.6) is 0 Å². The molecule has 0 aliphatic heterocycles. The van der Waals surface area contributed by atoms with E-state index in [4.69, 9.17) is 4.89 Å². The number of hydrogen-bond donors (Lipinski definition) is 2. The third kappa shape index (κ3) is 6.80. The zero-order valence-corrected chi connectivity index (χ0v) is 8.64. The van der Waals surface area contributed by atoms with E-state index in [0.717, 1.165) is 19.5 Å². The summed E-state index contributed by atoms with van der Waals surface area (Å²) in [4.78, 5) is 8.99. The van der Waals surface area contributed by atoms with Crippen molar-refractivity contribution >= 4 is 7.60 Å². The van der Waals surface area contributed by atoms with Gasteiger partial charge >= 0.3 is 7.60 Å². The lowest BCUT2D eigenvalue weighted by Crippen LogP contribution is -2.16. The minimum Gasteiger partial charge on any atom is -0.324 e. The van der Waals surface area contributed by atoms with Gasteiger partial charge in [0.15, 0.2) is 0 Å². The number of rotatable bonds is 7. The van der Waals surface area contributed by atoms with Crippen LogP contribution in [0.25, 0.3) is 0 Å². The molecule has 0 radical (unpaired) electrons. The molecule has 1 atom stereocenters. The summed E-state index contributed by atoms with van der Waals surface area (Å²) in [6.07, 6.45) is 2.00. The first kappa shape index (κ1) is 12.1. The molecular formula is C7H18NO3P. The van der Waals surface area contributed by atoms with Gasteiger partial charge in [-0.05, 0) is 25.9 Å². The molecule has 0 aromatic rings. The van der Waals surface area contributed by atoms with Gasteiger partial charge in [-0.25, -0.2) is 0 Å². The minimum absolute atomic E-state index is 0.236. The molecule has 0 aromatic heterocycles. The minimum atomic E-state index is -3.26.